The number of carbonyl (C=O) groups excluding carboxylic acids is 1. The van der Waals surface area contributed by atoms with Gasteiger partial charge in [-0.15, -0.1) is 11.3 Å². The second-order valence-electron chi connectivity index (χ2n) is 5.59. The summed E-state index contributed by atoms with van der Waals surface area (Å²) in [6, 6.07) is 9.94. The molecule has 0 unspecified atom stereocenters. The van der Waals surface area contributed by atoms with E-state index in [1.54, 1.807) is 17.5 Å². The first-order valence-corrected chi connectivity index (χ1v) is 8.60. The van der Waals surface area contributed by atoms with Crippen molar-refractivity contribution in [3.63, 3.8) is 0 Å². The molecule has 0 bridgehead atoms. The zero-order valence-electron chi connectivity index (χ0n) is 13.2. The first kappa shape index (κ1) is 16.1. The van der Waals surface area contributed by atoms with Gasteiger partial charge in [-0.1, -0.05) is 6.07 Å². The summed E-state index contributed by atoms with van der Waals surface area (Å²) >= 11 is 1.72. The molecule has 0 aromatic carbocycles. The van der Waals surface area contributed by atoms with Gasteiger partial charge in [-0.25, -0.2) is 0 Å². The summed E-state index contributed by atoms with van der Waals surface area (Å²) in [6.45, 7) is 5.11. The molecule has 1 fully saturated rings. The van der Waals surface area contributed by atoms with Crippen LogP contribution < -0.4 is 5.32 Å². The summed E-state index contributed by atoms with van der Waals surface area (Å²) in [5.41, 5.74) is 0.887. The fourth-order valence-electron chi connectivity index (χ4n) is 2.58. The Kier molecular flexibility index (Phi) is 5.38. The lowest BCUT2D eigenvalue weighted by atomic mass is 10.2. The number of pyridine rings is 1. The van der Waals surface area contributed by atoms with Crippen molar-refractivity contribution >= 4 is 17.2 Å². The van der Waals surface area contributed by atoms with Crippen molar-refractivity contribution in [1.29, 1.82) is 0 Å². The van der Waals surface area contributed by atoms with Crippen LogP contribution >= 0.6 is 11.3 Å². The third-order valence-corrected chi connectivity index (χ3v) is 4.72. The number of nitrogens with zero attached hydrogens (tertiary/aromatic N) is 2. The Morgan fingerprint density at radius 2 is 2.30 bits per heavy atom. The third-order valence-electron chi connectivity index (χ3n) is 3.74. The Labute approximate surface area is 140 Å². The number of ether oxygens (including phenoxy) is 1. The minimum atomic E-state index is -0.409. The molecule has 1 aliphatic heterocycles. The van der Waals surface area contributed by atoms with E-state index >= 15 is 0 Å². The highest BCUT2D eigenvalue weighted by Gasteiger charge is 2.27. The van der Waals surface area contributed by atoms with Gasteiger partial charge in [-0.3, -0.25) is 9.78 Å². The van der Waals surface area contributed by atoms with E-state index in [0.717, 1.165) is 12.2 Å². The SMILES string of the molecule is Cc1ccc(CN(Cc2ccccn2)C(=O)[C@H]2CNCCO2)s1. The van der Waals surface area contributed by atoms with Crippen molar-refractivity contribution in [3.05, 3.63) is 52.0 Å². The van der Waals surface area contributed by atoms with E-state index in [0.29, 0.717) is 26.2 Å². The number of hydrogen-bond donors (Lipinski definition) is 1. The molecule has 0 radical (unpaired) electrons. The van der Waals surface area contributed by atoms with Gasteiger partial charge in [0.1, 0.15) is 6.10 Å². The lowest BCUT2D eigenvalue weighted by Gasteiger charge is -2.29. The Hall–Kier alpha value is -1.76. The van der Waals surface area contributed by atoms with E-state index in [1.165, 1.54) is 9.75 Å². The monoisotopic (exact) mass is 331 g/mol. The fourth-order valence-corrected chi connectivity index (χ4v) is 3.49. The maximum atomic E-state index is 12.9. The standard InChI is InChI=1S/C17H21N3O2S/c1-13-5-6-15(23-13)12-20(11-14-4-2-3-7-19-14)17(21)16-10-18-8-9-22-16/h2-7,16,18H,8-12H2,1H3/t16-/m1/s1. The number of amides is 1. The molecular weight excluding hydrogens is 310 g/mol. The summed E-state index contributed by atoms with van der Waals surface area (Å²) in [7, 11) is 0. The highest BCUT2D eigenvalue weighted by Crippen LogP contribution is 2.19. The number of carbonyl (C=O) groups is 1. The van der Waals surface area contributed by atoms with Crippen molar-refractivity contribution < 1.29 is 9.53 Å². The molecule has 0 saturated carbocycles. The van der Waals surface area contributed by atoms with Gasteiger partial charge < -0.3 is 15.0 Å². The van der Waals surface area contributed by atoms with Gasteiger partial charge in [0.15, 0.2) is 0 Å². The van der Waals surface area contributed by atoms with Crippen LogP contribution in [0.1, 0.15) is 15.4 Å². The summed E-state index contributed by atoms with van der Waals surface area (Å²) in [5, 5.41) is 3.22. The van der Waals surface area contributed by atoms with Gasteiger partial charge in [0, 0.05) is 29.0 Å². The molecular formula is C17H21N3O2S. The van der Waals surface area contributed by atoms with Gasteiger partial charge in [0.25, 0.3) is 5.91 Å². The summed E-state index contributed by atoms with van der Waals surface area (Å²) in [5.74, 6) is 0.0221. The molecule has 2 aromatic heterocycles. The number of nitrogens with one attached hydrogen (secondary N) is 1. The van der Waals surface area contributed by atoms with Gasteiger partial charge in [0.05, 0.1) is 25.4 Å². The normalized spacial score (nSPS) is 17.9. The number of hydrogen-bond acceptors (Lipinski definition) is 5. The average Bonchev–Trinajstić information content (AvgIpc) is 3.00. The number of morpholine rings is 1. The van der Waals surface area contributed by atoms with E-state index in [9.17, 15) is 4.79 Å². The molecule has 5 nitrogen and oxygen atoms in total. The molecule has 1 atom stereocenters. The number of thiophene rings is 1. The van der Waals surface area contributed by atoms with E-state index < -0.39 is 6.10 Å². The second-order valence-corrected chi connectivity index (χ2v) is 6.96. The van der Waals surface area contributed by atoms with Crippen LogP contribution in [0.25, 0.3) is 0 Å². The minimum Gasteiger partial charge on any atom is -0.366 e. The third kappa shape index (κ3) is 4.37. The molecule has 0 aliphatic carbocycles. The van der Waals surface area contributed by atoms with Crippen LogP contribution in [-0.2, 0) is 22.6 Å². The Bertz CT molecular complexity index is 638. The average molecular weight is 331 g/mol. The molecule has 1 amide bonds. The van der Waals surface area contributed by atoms with Crippen LogP contribution in [0.15, 0.2) is 36.5 Å². The van der Waals surface area contributed by atoms with E-state index in [4.69, 9.17) is 4.74 Å². The second kappa shape index (κ2) is 7.68. The summed E-state index contributed by atoms with van der Waals surface area (Å²) in [6.07, 6.45) is 1.35. The van der Waals surface area contributed by atoms with Gasteiger partial charge in [0.2, 0.25) is 0 Å². The summed E-state index contributed by atoms with van der Waals surface area (Å²) < 4.78 is 5.63. The number of aromatic nitrogens is 1. The summed E-state index contributed by atoms with van der Waals surface area (Å²) in [4.78, 5) is 21.5. The Morgan fingerprint density at radius 3 is 2.96 bits per heavy atom. The number of aryl methyl sites for hydroxylation is 1. The molecule has 2 aromatic rings. The topological polar surface area (TPSA) is 54.5 Å². The van der Waals surface area contributed by atoms with Crippen molar-refractivity contribution in [2.45, 2.75) is 26.1 Å². The minimum absolute atomic E-state index is 0.0221. The number of rotatable bonds is 5. The molecule has 1 N–H and O–H groups in total. The largest absolute Gasteiger partial charge is 0.366 e. The highest BCUT2D eigenvalue weighted by atomic mass is 32.1. The maximum absolute atomic E-state index is 12.9. The Balaban J connectivity index is 1.75. The molecule has 122 valence electrons. The fraction of sp³-hybridized carbons (Fsp3) is 0.412. The Morgan fingerprint density at radius 1 is 1.39 bits per heavy atom. The van der Waals surface area contributed by atoms with Crippen molar-refractivity contribution in [2.75, 3.05) is 19.7 Å². The van der Waals surface area contributed by atoms with Crippen LogP contribution in [0.4, 0.5) is 0 Å². The lowest BCUT2D eigenvalue weighted by molar-refractivity contribution is -0.146. The van der Waals surface area contributed by atoms with Crippen LogP contribution in [0.3, 0.4) is 0 Å². The van der Waals surface area contributed by atoms with Crippen LogP contribution in [0.5, 0.6) is 0 Å². The zero-order chi connectivity index (χ0) is 16.1. The predicted octanol–water partition coefficient (Wildman–Crippen LogP) is 1.97. The highest BCUT2D eigenvalue weighted by molar-refractivity contribution is 7.11. The van der Waals surface area contributed by atoms with Crippen molar-refractivity contribution in [2.24, 2.45) is 0 Å². The maximum Gasteiger partial charge on any atom is 0.253 e. The smallest absolute Gasteiger partial charge is 0.253 e. The van der Waals surface area contributed by atoms with Crippen LogP contribution in [-0.4, -0.2) is 41.6 Å². The molecule has 3 heterocycles. The molecule has 3 rings (SSSR count). The van der Waals surface area contributed by atoms with Gasteiger partial charge >= 0.3 is 0 Å². The quantitative estimate of drug-likeness (QED) is 0.910. The van der Waals surface area contributed by atoms with Crippen LogP contribution in [0, 0.1) is 6.92 Å². The molecule has 1 aliphatic rings. The molecule has 6 heteroatoms. The molecule has 1 saturated heterocycles. The van der Waals surface area contributed by atoms with Gasteiger partial charge in [-0.05, 0) is 31.2 Å². The van der Waals surface area contributed by atoms with E-state index in [1.807, 2.05) is 23.1 Å². The predicted molar refractivity (Wildman–Crippen MR) is 90.2 cm³/mol. The lowest BCUT2D eigenvalue weighted by Crippen LogP contribution is -2.49. The van der Waals surface area contributed by atoms with E-state index in [-0.39, 0.29) is 5.91 Å². The molecule has 23 heavy (non-hydrogen) atoms. The van der Waals surface area contributed by atoms with Crippen molar-refractivity contribution in [1.82, 2.24) is 15.2 Å². The zero-order valence-corrected chi connectivity index (χ0v) is 14.0. The van der Waals surface area contributed by atoms with E-state index in [2.05, 4.69) is 29.4 Å². The van der Waals surface area contributed by atoms with Crippen LogP contribution in [0.2, 0.25) is 0 Å². The molecule has 0 spiro atoms. The van der Waals surface area contributed by atoms with Gasteiger partial charge in [-0.2, -0.15) is 0 Å². The first-order valence-electron chi connectivity index (χ1n) is 7.79. The first-order chi connectivity index (χ1) is 11.2. The van der Waals surface area contributed by atoms with Crippen molar-refractivity contribution in [3.8, 4) is 0 Å².